The van der Waals surface area contributed by atoms with Crippen LogP contribution in [-0.4, -0.2) is 40.6 Å². The van der Waals surface area contributed by atoms with Gasteiger partial charge in [0.2, 0.25) is 0 Å². The molecule has 0 aromatic rings. The van der Waals surface area contributed by atoms with E-state index in [1.807, 2.05) is 11.8 Å². The summed E-state index contributed by atoms with van der Waals surface area (Å²) >= 11 is 0. The van der Waals surface area contributed by atoms with E-state index >= 15 is 0 Å². The lowest BCUT2D eigenvalue weighted by molar-refractivity contribution is -0.137. The number of carbonyl (C=O) groups excluding carboxylic acids is 1. The van der Waals surface area contributed by atoms with Crippen LogP contribution in [0.1, 0.15) is 47.0 Å². The van der Waals surface area contributed by atoms with Gasteiger partial charge in [0.1, 0.15) is 0 Å². The quantitative estimate of drug-likeness (QED) is 0.823. The van der Waals surface area contributed by atoms with Gasteiger partial charge in [-0.1, -0.05) is 20.8 Å². The van der Waals surface area contributed by atoms with Gasteiger partial charge in [0, 0.05) is 18.6 Å². The highest BCUT2D eigenvalue weighted by Crippen LogP contribution is 2.26. The van der Waals surface area contributed by atoms with Crippen LogP contribution in [-0.2, 0) is 4.79 Å². The Morgan fingerprint density at radius 1 is 1.37 bits per heavy atom. The summed E-state index contributed by atoms with van der Waals surface area (Å²) in [6.07, 6.45) is 1.75. The molecule has 110 valence electrons. The Bertz CT molecular complexity index is 333. The third-order valence-electron chi connectivity index (χ3n) is 4.10. The van der Waals surface area contributed by atoms with E-state index in [-0.39, 0.29) is 24.5 Å². The van der Waals surface area contributed by atoms with Crippen molar-refractivity contribution in [3.63, 3.8) is 0 Å². The first kappa shape index (κ1) is 15.8. The predicted molar refractivity (Wildman–Crippen MR) is 74.0 cm³/mol. The highest BCUT2D eigenvalue weighted by Gasteiger charge is 2.32. The molecule has 2 amide bonds. The second-order valence-corrected chi connectivity index (χ2v) is 5.86. The second kappa shape index (κ2) is 6.78. The van der Waals surface area contributed by atoms with Crippen LogP contribution in [0.5, 0.6) is 0 Å². The van der Waals surface area contributed by atoms with Gasteiger partial charge >= 0.3 is 12.0 Å². The lowest BCUT2D eigenvalue weighted by Crippen LogP contribution is -2.54. The number of rotatable bonds is 4. The van der Waals surface area contributed by atoms with E-state index in [9.17, 15) is 9.59 Å². The molecule has 1 saturated heterocycles. The number of carboxylic acid groups (broad SMARTS) is 1. The van der Waals surface area contributed by atoms with Gasteiger partial charge in [0.05, 0.1) is 6.42 Å². The number of hydrogen-bond donors (Lipinski definition) is 2. The van der Waals surface area contributed by atoms with Crippen molar-refractivity contribution in [2.75, 3.05) is 6.54 Å². The maximum atomic E-state index is 12.3. The van der Waals surface area contributed by atoms with Crippen molar-refractivity contribution >= 4 is 12.0 Å². The monoisotopic (exact) mass is 270 g/mol. The number of nitrogens with zero attached hydrogens (tertiary/aromatic N) is 1. The van der Waals surface area contributed by atoms with Crippen LogP contribution >= 0.6 is 0 Å². The van der Waals surface area contributed by atoms with Crippen LogP contribution in [0.25, 0.3) is 0 Å². The normalized spacial score (nSPS) is 28.8. The molecule has 4 atom stereocenters. The minimum Gasteiger partial charge on any atom is -0.481 e. The predicted octanol–water partition coefficient (Wildman–Crippen LogP) is 2.32. The minimum absolute atomic E-state index is 0.0183. The smallest absolute Gasteiger partial charge is 0.317 e. The molecular weight excluding hydrogens is 244 g/mol. The Morgan fingerprint density at radius 3 is 2.53 bits per heavy atom. The van der Waals surface area contributed by atoms with Gasteiger partial charge in [0.25, 0.3) is 0 Å². The molecule has 2 N–H and O–H groups in total. The summed E-state index contributed by atoms with van der Waals surface area (Å²) in [5, 5.41) is 11.7. The molecular formula is C14H26N2O3. The summed E-state index contributed by atoms with van der Waals surface area (Å²) in [7, 11) is 0. The maximum absolute atomic E-state index is 12.3. The molecule has 19 heavy (non-hydrogen) atoms. The van der Waals surface area contributed by atoms with Crippen LogP contribution in [0.15, 0.2) is 0 Å². The largest absolute Gasteiger partial charge is 0.481 e. The molecule has 4 unspecified atom stereocenters. The van der Waals surface area contributed by atoms with E-state index in [4.69, 9.17) is 5.11 Å². The van der Waals surface area contributed by atoms with E-state index < -0.39 is 5.97 Å². The van der Waals surface area contributed by atoms with Crippen LogP contribution in [0.4, 0.5) is 4.79 Å². The molecule has 1 aliphatic rings. The van der Waals surface area contributed by atoms with Crippen molar-refractivity contribution < 1.29 is 14.7 Å². The molecule has 1 fully saturated rings. The van der Waals surface area contributed by atoms with E-state index in [1.165, 1.54) is 0 Å². The molecule has 1 aliphatic heterocycles. The third kappa shape index (κ3) is 4.40. The first-order chi connectivity index (χ1) is 8.85. The summed E-state index contributed by atoms with van der Waals surface area (Å²) in [6.45, 7) is 9.01. The van der Waals surface area contributed by atoms with E-state index in [2.05, 4.69) is 26.1 Å². The zero-order valence-electron chi connectivity index (χ0n) is 12.3. The third-order valence-corrected chi connectivity index (χ3v) is 4.10. The minimum atomic E-state index is -0.874. The molecule has 1 rings (SSSR count). The number of nitrogens with one attached hydrogen (secondary N) is 1. The number of likely N-dealkylation sites (tertiary alicyclic amines) is 1. The van der Waals surface area contributed by atoms with E-state index in [0.717, 1.165) is 13.0 Å². The average molecular weight is 270 g/mol. The number of amides is 2. The van der Waals surface area contributed by atoms with Gasteiger partial charge in [-0.15, -0.1) is 0 Å². The highest BCUT2D eigenvalue weighted by atomic mass is 16.4. The fourth-order valence-corrected chi connectivity index (χ4v) is 2.75. The summed E-state index contributed by atoms with van der Waals surface area (Å²) in [4.78, 5) is 24.9. The van der Waals surface area contributed by atoms with Crippen molar-refractivity contribution in [1.82, 2.24) is 10.2 Å². The molecule has 0 spiro atoms. The maximum Gasteiger partial charge on any atom is 0.317 e. The van der Waals surface area contributed by atoms with Gasteiger partial charge in [-0.3, -0.25) is 4.79 Å². The number of carbonyl (C=O) groups is 2. The molecule has 5 nitrogen and oxygen atoms in total. The number of piperidine rings is 1. The molecule has 5 heteroatoms. The fourth-order valence-electron chi connectivity index (χ4n) is 2.75. The second-order valence-electron chi connectivity index (χ2n) is 5.86. The van der Waals surface area contributed by atoms with Crippen LogP contribution in [0.2, 0.25) is 0 Å². The van der Waals surface area contributed by atoms with E-state index in [0.29, 0.717) is 18.3 Å². The number of carboxylic acids is 1. The van der Waals surface area contributed by atoms with Gasteiger partial charge in [-0.2, -0.15) is 0 Å². The Balaban J connectivity index is 2.62. The average Bonchev–Trinajstić information content (AvgIpc) is 2.32. The van der Waals surface area contributed by atoms with Crippen LogP contribution in [0, 0.1) is 11.8 Å². The lowest BCUT2D eigenvalue weighted by atomic mass is 9.86. The van der Waals surface area contributed by atoms with E-state index in [1.54, 1.807) is 0 Å². The Kier molecular flexibility index (Phi) is 5.63. The number of hydrogen-bond acceptors (Lipinski definition) is 2. The first-order valence-electron chi connectivity index (χ1n) is 7.14. The SMILES string of the molecule is CCC(CC(=O)O)NC(=O)N1CC(C)CC(C)C1C. The standard InChI is InChI=1S/C14H26N2O3/c1-5-12(7-13(17)18)15-14(19)16-8-9(2)6-10(3)11(16)4/h9-12H,5-8H2,1-4H3,(H,15,19)(H,17,18). The van der Waals surface area contributed by atoms with Gasteiger partial charge in [-0.25, -0.2) is 4.79 Å². The Morgan fingerprint density at radius 2 is 2.00 bits per heavy atom. The van der Waals surface area contributed by atoms with Gasteiger partial charge < -0.3 is 15.3 Å². The molecule has 0 radical (unpaired) electrons. The molecule has 0 aliphatic carbocycles. The Hall–Kier alpha value is -1.26. The topological polar surface area (TPSA) is 69.6 Å². The zero-order chi connectivity index (χ0) is 14.6. The summed E-state index contributed by atoms with van der Waals surface area (Å²) < 4.78 is 0. The number of urea groups is 1. The number of aliphatic carboxylic acids is 1. The Labute approximate surface area is 115 Å². The van der Waals surface area contributed by atoms with Crippen molar-refractivity contribution in [2.24, 2.45) is 11.8 Å². The summed E-state index contributed by atoms with van der Waals surface area (Å²) in [5.74, 6) is 0.103. The van der Waals surface area contributed by atoms with Gasteiger partial charge in [-0.05, 0) is 31.6 Å². The lowest BCUT2D eigenvalue weighted by Gasteiger charge is -2.41. The highest BCUT2D eigenvalue weighted by molar-refractivity contribution is 5.76. The van der Waals surface area contributed by atoms with Gasteiger partial charge in [0.15, 0.2) is 0 Å². The fraction of sp³-hybridized carbons (Fsp3) is 0.857. The van der Waals surface area contributed by atoms with Crippen molar-refractivity contribution in [3.8, 4) is 0 Å². The van der Waals surface area contributed by atoms with Crippen molar-refractivity contribution in [2.45, 2.75) is 59.0 Å². The van der Waals surface area contributed by atoms with Crippen molar-refractivity contribution in [3.05, 3.63) is 0 Å². The first-order valence-corrected chi connectivity index (χ1v) is 7.14. The molecule has 1 heterocycles. The van der Waals surface area contributed by atoms with Crippen molar-refractivity contribution in [1.29, 1.82) is 0 Å². The molecule has 0 bridgehead atoms. The molecule has 0 aromatic heterocycles. The summed E-state index contributed by atoms with van der Waals surface area (Å²) in [5.41, 5.74) is 0. The zero-order valence-corrected chi connectivity index (χ0v) is 12.3. The van der Waals surface area contributed by atoms with Crippen LogP contribution < -0.4 is 5.32 Å². The molecule has 0 aromatic carbocycles. The van der Waals surface area contributed by atoms with Crippen LogP contribution in [0.3, 0.4) is 0 Å². The molecule has 0 saturated carbocycles. The summed E-state index contributed by atoms with van der Waals surface area (Å²) in [6, 6.07) is -0.206.